The zero-order valence-corrected chi connectivity index (χ0v) is 18.9. The van der Waals surface area contributed by atoms with E-state index in [1.807, 2.05) is 22.8 Å². The third-order valence-corrected chi connectivity index (χ3v) is 6.09. The summed E-state index contributed by atoms with van der Waals surface area (Å²) >= 11 is 6.07. The smallest absolute Gasteiger partial charge is 0.272 e. The number of hydrogen-bond donors (Lipinski definition) is 1. The van der Waals surface area contributed by atoms with Gasteiger partial charge in [-0.2, -0.15) is 0 Å². The summed E-state index contributed by atoms with van der Waals surface area (Å²) in [6.07, 6.45) is 2.72. The van der Waals surface area contributed by atoms with Crippen LogP contribution in [0.2, 0.25) is 5.02 Å². The van der Waals surface area contributed by atoms with Gasteiger partial charge in [0.1, 0.15) is 5.82 Å². The molecule has 0 saturated heterocycles. The van der Waals surface area contributed by atoms with Crippen molar-refractivity contribution in [3.05, 3.63) is 70.1 Å². The summed E-state index contributed by atoms with van der Waals surface area (Å²) in [4.78, 5) is 32.6. The van der Waals surface area contributed by atoms with Crippen molar-refractivity contribution in [2.24, 2.45) is 0 Å². The van der Waals surface area contributed by atoms with Crippen LogP contribution in [0, 0.1) is 0 Å². The summed E-state index contributed by atoms with van der Waals surface area (Å²) in [7, 11) is 1.63. The van der Waals surface area contributed by atoms with Crippen LogP contribution in [0.5, 0.6) is 11.5 Å². The number of benzene rings is 2. The lowest BCUT2D eigenvalue weighted by molar-refractivity contribution is 0.0941. The second-order valence-electron chi connectivity index (χ2n) is 8.05. The van der Waals surface area contributed by atoms with Gasteiger partial charge in [0.2, 0.25) is 6.79 Å². The van der Waals surface area contributed by atoms with Crippen molar-refractivity contribution in [1.82, 2.24) is 14.9 Å². The Hall–Kier alpha value is -3.52. The molecule has 0 bridgehead atoms. The molecule has 5 rings (SSSR count). The molecule has 0 aliphatic carbocycles. The lowest BCUT2D eigenvalue weighted by Gasteiger charge is -2.19. The Bertz CT molecular complexity index is 1240. The SMILES string of the molecule is CN(C(=O)c1cccc(Cl)c1)c1nc2n(c1C(=O)NCc1ccc3c(c1)OCO3)CCCC2. The van der Waals surface area contributed by atoms with Crippen molar-refractivity contribution in [2.75, 3.05) is 18.7 Å². The van der Waals surface area contributed by atoms with Gasteiger partial charge in [-0.3, -0.25) is 14.5 Å². The largest absolute Gasteiger partial charge is 0.454 e. The van der Waals surface area contributed by atoms with E-state index in [2.05, 4.69) is 10.3 Å². The first-order valence-electron chi connectivity index (χ1n) is 10.8. The van der Waals surface area contributed by atoms with Crippen molar-refractivity contribution < 1.29 is 19.1 Å². The Morgan fingerprint density at radius 2 is 2.00 bits per heavy atom. The summed E-state index contributed by atoms with van der Waals surface area (Å²) in [5, 5.41) is 3.44. The Balaban J connectivity index is 1.42. The highest BCUT2D eigenvalue weighted by Crippen LogP contribution is 2.32. The maximum absolute atomic E-state index is 13.3. The van der Waals surface area contributed by atoms with Crippen molar-refractivity contribution in [2.45, 2.75) is 32.4 Å². The quantitative estimate of drug-likeness (QED) is 0.618. The second-order valence-corrected chi connectivity index (χ2v) is 8.49. The number of halogens is 1. The van der Waals surface area contributed by atoms with Gasteiger partial charge in [-0.05, 0) is 48.7 Å². The van der Waals surface area contributed by atoms with E-state index in [-0.39, 0.29) is 18.6 Å². The molecule has 1 aromatic heterocycles. The van der Waals surface area contributed by atoms with Crippen molar-refractivity contribution in [3.8, 4) is 11.5 Å². The standard InChI is InChI=1S/C24H23ClN4O4/c1-28(24(31)16-5-4-6-17(25)12-16)22-21(29-10-3-2-7-20(29)27-22)23(30)26-13-15-8-9-18-19(11-15)33-14-32-18/h4-6,8-9,11-12H,2-3,7,10,13-14H2,1H3,(H,26,30). The van der Waals surface area contributed by atoms with Crippen LogP contribution in [-0.2, 0) is 19.5 Å². The monoisotopic (exact) mass is 466 g/mol. The molecule has 8 nitrogen and oxygen atoms in total. The van der Waals surface area contributed by atoms with Crippen LogP contribution in [0.15, 0.2) is 42.5 Å². The normalized spacial score (nSPS) is 14.0. The number of anilines is 1. The minimum Gasteiger partial charge on any atom is -0.454 e. The van der Waals surface area contributed by atoms with Gasteiger partial charge in [-0.15, -0.1) is 0 Å². The number of fused-ring (bicyclic) bond motifs is 2. The number of amides is 2. The minimum absolute atomic E-state index is 0.198. The maximum Gasteiger partial charge on any atom is 0.272 e. The summed E-state index contributed by atoms with van der Waals surface area (Å²) in [5.41, 5.74) is 1.71. The van der Waals surface area contributed by atoms with E-state index >= 15 is 0 Å². The van der Waals surface area contributed by atoms with Gasteiger partial charge in [0.05, 0.1) is 0 Å². The van der Waals surface area contributed by atoms with E-state index in [4.69, 9.17) is 21.1 Å². The molecule has 3 heterocycles. The van der Waals surface area contributed by atoms with Gasteiger partial charge in [-0.1, -0.05) is 23.7 Å². The summed E-state index contributed by atoms with van der Waals surface area (Å²) in [6, 6.07) is 12.3. The number of aryl methyl sites for hydroxylation is 1. The molecular weight excluding hydrogens is 444 g/mol. The van der Waals surface area contributed by atoms with Gasteiger partial charge < -0.3 is 19.4 Å². The summed E-state index contributed by atoms with van der Waals surface area (Å²) in [6.45, 7) is 1.19. The molecule has 0 radical (unpaired) electrons. The highest BCUT2D eigenvalue weighted by molar-refractivity contribution is 6.31. The Labute approximate surface area is 196 Å². The number of ether oxygens (including phenoxy) is 2. The molecule has 2 aliphatic heterocycles. The number of carbonyl (C=O) groups is 2. The first-order valence-corrected chi connectivity index (χ1v) is 11.2. The molecule has 2 aromatic carbocycles. The first-order chi connectivity index (χ1) is 16.0. The molecule has 33 heavy (non-hydrogen) atoms. The van der Waals surface area contributed by atoms with E-state index in [9.17, 15) is 9.59 Å². The van der Waals surface area contributed by atoms with Crippen LogP contribution in [0.25, 0.3) is 0 Å². The van der Waals surface area contributed by atoms with Crippen LogP contribution in [0.1, 0.15) is 45.1 Å². The fourth-order valence-corrected chi connectivity index (χ4v) is 4.35. The zero-order valence-electron chi connectivity index (χ0n) is 18.1. The Morgan fingerprint density at radius 1 is 1.15 bits per heavy atom. The van der Waals surface area contributed by atoms with Crippen molar-refractivity contribution in [3.63, 3.8) is 0 Å². The number of rotatable bonds is 5. The topological polar surface area (TPSA) is 85.7 Å². The van der Waals surface area contributed by atoms with Gasteiger partial charge in [-0.25, -0.2) is 4.98 Å². The van der Waals surface area contributed by atoms with Gasteiger partial charge >= 0.3 is 0 Å². The molecule has 0 atom stereocenters. The van der Waals surface area contributed by atoms with E-state index in [1.165, 1.54) is 4.90 Å². The van der Waals surface area contributed by atoms with Crippen LogP contribution in [0.3, 0.4) is 0 Å². The molecule has 3 aromatic rings. The van der Waals surface area contributed by atoms with E-state index in [0.717, 1.165) is 30.7 Å². The predicted molar refractivity (Wildman–Crippen MR) is 123 cm³/mol. The number of nitrogens with zero attached hydrogens (tertiary/aromatic N) is 3. The molecule has 9 heteroatoms. The second kappa shape index (κ2) is 8.78. The zero-order chi connectivity index (χ0) is 22.9. The fourth-order valence-electron chi connectivity index (χ4n) is 4.16. The molecule has 2 amide bonds. The lowest BCUT2D eigenvalue weighted by atomic mass is 10.1. The van der Waals surface area contributed by atoms with Gasteiger partial charge in [0, 0.05) is 37.1 Å². The summed E-state index contributed by atoms with van der Waals surface area (Å²) in [5.74, 6) is 1.96. The molecule has 170 valence electrons. The molecule has 0 saturated carbocycles. The molecule has 0 fully saturated rings. The van der Waals surface area contributed by atoms with E-state index in [0.29, 0.717) is 46.7 Å². The predicted octanol–water partition coefficient (Wildman–Crippen LogP) is 3.81. The van der Waals surface area contributed by atoms with Gasteiger partial charge in [0.15, 0.2) is 23.0 Å². The van der Waals surface area contributed by atoms with Crippen LogP contribution in [-0.4, -0.2) is 35.2 Å². The van der Waals surface area contributed by atoms with Crippen LogP contribution >= 0.6 is 11.6 Å². The van der Waals surface area contributed by atoms with E-state index < -0.39 is 0 Å². The Morgan fingerprint density at radius 3 is 2.85 bits per heavy atom. The molecular formula is C24H23ClN4O4. The average Bonchev–Trinajstić information content (AvgIpc) is 3.45. The highest BCUT2D eigenvalue weighted by Gasteiger charge is 2.29. The minimum atomic E-state index is -0.283. The van der Waals surface area contributed by atoms with E-state index in [1.54, 1.807) is 31.3 Å². The molecule has 0 spiro atoms. The average molecular weight is 467 g/mol. The third-order valence-electron chi connectivity index (χ3n) is 5.86. The van der Waals surface area contributed by atoms with Gasteiger partial charge in [0.25, 0.3) is 11.8 Å². The number of aromatic nitrogens is 2. The highest BCUT2D eigenvalue weighted by atomic mass is 35.5. The first kappa shape index (κ1) is 21.3. The third kappa shape index (κ3) is 4.14. The fraction of sp³-hybridized carbons (Fsp3) is 0.292. The van der Waals surface area contributed by atoms with Crippen molar-refractivity contribution >= 4 is 29.2 Å². The number of hydrogen-bond acceptors (Lipinski definition) is 5. The maximum atomic E-state index is 13.3. The molecule has 0 unspecified atom stereocenters. The van der Waals surface area contributed by atoms with Crippen LogP contribution < -0.4 is 19.7 Å². The number of imidazole rings is 1. The molecule has 2 aliphatic rings. The number of carbonyl (C=O) groups excluding carboxylic acids is 2. The summed E-state index contributed by atoms with van der Waals surface area (Å²) < 4.78 is 12.7. The lowest BCUT2D eigenvalue weighted by Crippen LogP contribution is -2.32. The van der Waals surface area contributed by atoms with Crippen LogP contribution in [0.4, 0.5) is 5.82 Å². The number of nitrogens with one attached hydrogen (secondary N) is 1. The Kier molecular flexibility index (Phi) is 5.68. The molecule has 1 N–H and O–H groups in total. The van der Waals surface area contributed by atoms with Crippen molar-refractivity contribution in [1.29, 1.82) is 0 Å².